The van der Waals surface area contributed by atoms with Crippen LogP contribution in [0.2, 0.25) is 0 Å². The largest absolute Gasteiger partial charge is 0.496 e. The van der Waals surface area contributed by atoms with E-state index in [4.69, 9.17) is 10.5 Å². The molecule has 1 heterocycles. The molecule has 220 valence electrons. The summed E-state index contributed by atoms with van der Waals surface area (Å²) >= 11 is 3.52. The molecule has 0 bridgehead atoms. The van der Waals surface area contributed by atoms with Crippen molar-refractivity contribution < 1.29 is 23.9 Å². The van der Waals surface area contributed by atoms with Crippen LogP contribution in [0.25, 0.3) is 10.8 Å². The maximum absolute atomic E-state index is 14.3. The summed E-state index contributed by atoms with van der Waals surface area (Å²) in [7, 11) is 1.57. The van der Waals surface area contributed by atoms with Crippen LogP contribution in [0.3, 0.4) is 0 Å². The minimum atomic E-state index is -1.10. The number of ether oxygens (including phenoxy) is 1. The van der Waals surface area contributed by atoms with Gasteiger partial charge in [-0.2, -0.15) is 0 Å². The van der Waals surface area contributed by atoms with Crippen molar-refractivity contribution in [1.82, 2.24) is 5.32 Å². The van der Waals surface area contributed by atoms with Gasteiger partial charge in [-0.25, -0.2) is 0 Å². The fourth-order valence-corrected chi connectivity index (χ4v) is 5.59. The van der Waals surface area contributed by atoms with Crippen molar-refractivity contribution in [3.63, 3.8) is 0 Å². The molecule has 1 aliphatic heterocycles. The van der Waals surface area contributed by atoms with Crippen molar-refractivity contribution in [3.8, 4) is 5.75 Å². The summed E-state index contributed by atoms with van der Waals surface area (Å²) in [6.07, 6.45) is 0. The molecule has 0 saturated heterocycles. The van der Waals surface area contributed by atoms with Crippen LogP contribution in [0.15, 0.2) is 83.3 Å². The molecular formula is C33H31BrN4O5. The Morgan fingerprint density at radius 3 is 2.33 bits per heavy atom. The summed E-state index contributed by atoms with van der Waals surface area (Å²) < 4.78 is 6.64. The number of para-hydroxylation sites is 2. The van der Waals surface area contributed by atoms with Crippen molar-refractivity contribution in [3.05, 3.63) is 100 Å². The van der Waals surface area contributed by atoms with Gasteiger partial charge >= 0.3 is 0 Å². The summed E-state index contributed by atoms with van der Waals surface area (Å²) in [4.78, 5) is 56.0. The first kappa shape index (κ1) is 29.9. The predicted octanol–water partition coefficient (Wildman–Crippen LogP) is 4.84. The van der Waals surface area contributed by atoms with Crippen LogP contribution in [-0.4, -0.2) is 49.2 Å². The number of anilines is 2. The Morgan fingerprint density at radius 2 is 1.67 bits per heavy atom. The predicted molar refractivity (Wildman–Crippen MR) is 170 cm³/mol. The van der Waals surface area contributed by atoms with Crippen molar-refractivity contribution >= 4 is 61.6 Å². The van der Waals surface area contributed by atoms with E-state index < -0.39 is 23.9 Å². The molecule has 3 amide bonds. The number of carbonyl (C=O) groups excluding carboxylic acids is 4. The first-order chi connectivity index (χ1) is 20.6. The quantitative estimate of drug-likeness (QED) is 0.278. The lowest BCUT2D eigenvalue weighted by Gasteiger charge is -2.27. The third-order valence-electron chi connectivity index (χ3n) is 7.49. The Hall–Kier alpha value is -4.54. The zero-order chi connectivity index (χ0) is 30.8. The molecule has 0 aromatic heterocycles. The van der Waals surface area contributed by atoms with Crippen LogP contribution in [0.5, 0.6) is 5.75 Å². The van der Waals surface area contributed by atoms with Gasteiger partial charge in [-0.3, -0.25) is 19.2 Å². The fraction of sp³-hybridized carbons (Fsp3) is 0.212. The topological polar surface area (TPSA) is 122 Å². The Bertz CT molecular complexity index is 1740. The Labute approximate surface area is 257 Å². The number of hydrogen-bond acceptors (Lipinski definition) is 6. The second kappa shape index (κ2) is 12.4. The number of fused-ring (bicyclic) bond motifs is 2. The van der Waals surface area contributed by atoms with Crippen LogP contribution in [-0.2, 0) is 16.1 Å². The Balaban J connectivity index is 1.64. The molecule has 0 aliphatic carbocycles. The standard InChI is InChI=1S/C33H31BrN4O5/c1-19(35)31(40)36-27-18-38(32(41)22-10-8-21(9-11-22)20(2)39)29-7-5-4-6-28(29)37(33(27)42)17-26-25-14-13-24(34)16-23(25)12-15-30(26)43-3/h4-16,19,27H,17-18,35H2,1-3H3,(H,36,40). The van der Waals surface area contributed by atoms with Gasteiger partial charge in [0.05, 0.1) is 37.6 Å². The zero-order valence-corrected chi connectivity index (χ0v) is 25.6. The van der Waals surface area contributed by atoms with Gasteiger partial charge in [0, 0.05) is 21.2 Å². The molecule has 0 spiro atoms. The number of methoxy groups -OCH3 is 1. The van der Waals surface area contributed by atoms with E-state index in [-0.39, 0.29) is 24.8 Å². The third-order valence-corrected chi connectivity index (χ3v) is 7.99. The monoisotopic (exact) mass is 642 g/mol. The van der Waals surface area contributed by atoms with Crippen molar-refractivity contribution in [1.29, 1.82) is 0 Å². The Morgan fingerprint density at radius 1 is 1.00 bits per heavy atom. The van der Waals surface area contributed by atoms with E-state index in [1.165, 1.54) is 18.7 Å². The van der Waals surface area contributed by atoms with Crippen molar-refractivity contribution in [2.45, 2.75) is 32.5 Å². The summed E-state index contributed by atoms with van der Waals surface area (Å²) in [5, 5.41) is 4.61. The highest BCUT2D eigenvalue weighted by atomic mass is 79.9. The number of Topliss-reactive ketones (excluding diaryl/α,β-unsaturated/α-hetero) is 1. The number of nitrogens with zero attached hydrogens (tertiary/aromatic N) is 2. The summed E-state index contributed by atoms with van der Waals surface area (Å²) in [6, 6.07) is 21.2. The zero-order valence-electron chi connectivity index (χ0n) is 24.0. The number of nitrogens with one attached hydrogen (secondary N) is 1. The van der Waals surface area contributed by atoms with Gasteiger partial charge in [0.15, 0.2) is 5.78 Å². The molecule has 10 heteroatoms. The number of carbonyl (C=O) groups is 4. The van der Waals surface area contributed by atoms with Gasteiger partial charge in [0.2, 0.25) is 5.91 Å². The highest BCUT2D eigenvalue weighted by Gasteiger charge is 2.38. The number of ketones is 1. The molecule has 5 rings (SSSR count). The lowest BCUT2D eigenvalue weighted by molar-refractivity contribution is -0.127. The lowest BCUT2D eigenvalue weighted by atomic mass is 10.0. The van der Waals surface area contributed by atoms with E-state index in [0.717, 1.165) is 20.8 Å². The maximum Gasteiger partial charge on any atom is 0.258 e. The minimum Gasteiger partial charge on any atom is -0.496 e. The van der Waals surface area contributed by atoms with E-state index in [1.54, 1.807) is 60.5 Å². The second-order valence-electron chi connectivity index (χ2n) is 10.4. The minimum absolute atomic E-state index is 0.109. The van der Waals surface area contributed by atoms with E-state index in [9.17, 15) is 19.2 Å². The third kappa shape index (κ3) is 6.02. The first-order valence-electron chi connectivity index (χ1n) is 13.7. The van der Waals surface area contributed by atoms with Gasteiger partial charge in [0.1, 0.15) is 11.8 Å². The van der Waals surface area contributed by atoms with Crippen molar-refractivity contribution in [2.75, 3.05) is 23.5 Å². The first-order valence-corrected chi connectivity index (χ1v) is 14.5. The summed E-state index contributed by atoms with van der Waals surface area (Å²) in [5.74, 6) is -0.825. The average Bonchev–Trinajstić information content (AvgIpc) is 3.11. The summed E-state index contributed by atoms with van der Waals surface area (Å²) in [6.45, 7) is 2.97. The SMILES string of the molecule is COc1ccc2cc(Br)ccc2c1CN1C(=O)C(NC(=O)C(C)N)CN(C(=O)c2ccc(C(C)=O)cc2)c2ccccc21. The molecule has 4 aromatic carbocycles. The average molecular weight is 644 g/mol. The lowest BCUT2D eigenvalue weighted by Crippen LogP contribution is -2.55. The van der Waals surface area contributed by atoms with Crippen LogP contribution in [0.1, 0.15) is 40.1 Å². The van der Waals surface area contributed by atoms with Gasteiger partial charge in [-0.05, 0) is 67.1 Å². The van der Waals surface area contributed by atoms with Gasteiger partial charge in [-0.1, -0.05) is 52.3 Å². The molecule has 3 N–H and O–H groups in total. The molecule has 0 fully saturated rings. The normalized spacial score (nSPS) is 15.5. The number of amides is 3. The van der Waals surface area contributed by atoms with E-state index in [2.05, 4.69) is 21.2 Å². The number of nitrogens with two attached hydrogens (primary N) is 1. The van der Waals surface area contributed by atoms with Crippen LogP contribution < -0.4 is 25.6 Å². The molecule has 0 radical (unpaired) electrons. The molecule has 4 aromatic rings. The van der Waals surface area contributed by atoms with Crippen LogP contribution >= 0.6 is 15.9 Å². The molecule has 9 nitrogen and oxygen atoms in total. The summed E-state index contributed by atoms with van der Waals surface area (Å²) in [5.41, 5.74) is 8.43. The molecular weight excluding hydrogens is 612 g/mol. The van der Waals surface area contributed by atoms with E-state index in [0.29, 0.717) is 28.3 Å². The van der Waals surface area contributed by atoms with Crippen LogP contribution in [0, 0.1) is 0 Å². The second-order valence-corrected chi connectivity index (χ2v) is 11.3. The smallest absolute Gasteiger partial charge is 0.258 e. The van der Waals surface area contributed by atoms with Gasteiger partial charge < -0.3 is 25.6 Å². The van der Waals surface area contributed by atoms with E-state index >= 15 is 0 Å². The van der Waals surface area contributed by atoms with Crippen LogP contribution in [0.4, 0.5) is 11.4 Å². The highest BCUT2D eigenvalue weighted by molar-refractivity contribution is 9.10. The van der Waals surface area contributed by atoms with Gasteiger partial charge in [-0.15, -0.1) is 0 Å². The van der Waals surface area contributed by atoms with E-state index in [1.807, 2.05) is 30.3 Å². The molecule has 2 unspecified atom stereocenters. The number of hydrogen-bond donors (Lipinski definition) is 2. The number of rotatable bonds is 7. The molecule has 2 atom stereocenters. The maximum atomic E-state index is 14.3. The Kier molecular flexibility index (Phi) is 8.61. The number of halogens is 1. The fourth-order valence-electron chi connectivity index (χ4n) is 5.21. The molecule has 0 saturated carbocycles. The number of benzene rings is 4. The van der Waals surface area contributed by atoms with Crippen molar-refractivity contribution in [2.24, 2.45) is 5.73 Å². The molecule has 43 heavy (non-hydrogen) atoms. The highest BCUT2D eigenvalue weighted by Crippen LogP contribution is 2.38. The van der Waals surface area contributed by atoms with Gasteiger partial charge in [0.25, 0.3) is 11.8 Å². The molecule has 1 aliphatic rings.